The van der Waals surface area contributed by atoms with Gasteiger partial charge in [0.05, 0.1) is 28.4 Å². The number of benzene rings is 1. The Morgan fingerprint density at radius 1 is 1.11 bits per heavy atom. The van der Waals surface area contributed by atoms with E-state index in [1.54, 1.807) is 18.5 Å². The Morgan fingerprint density at radius 2 is 2.04 bits per heavy atom. The van der Waals surface area contributed by atoms with E-state index in [-0.39, 0.29) is 0 Å². The first kappa shape index (κ1) is 16.6. The van der Waals surface area contributed by atoms with Crippen LogP contribution in [0, 0.1) is 0 Å². The number of hydrogen-bond donors (Lipinski definition) is 2. The van der Waals surface area contributed by atoms with Crippen molar-refractivity contribution in [2.75, 3.05) is 5.32 Å². The van der Waals surface area contributed by atoms with Crippen LogP contribution in [-0.4, -0.2) is 24.5 Å². The molecule has 0 radical (unpaired) electrons. The third-order valence-electron chi connectivity index (χ3n) is 4.46. The van der Waals surface area contributed by atoms with Crippen LogP contribution in [0.5, 0.6) is 11.5 Å². The Kier molecular flexibility index (Phi) is 3.87. The summed E-state index contributed by atoms with van der Waals surface area (Å²) in [5.41, 5.74) is 4.27. The molecule has 7 nitrogen and oxygen atoms in total. The first-order valence-electron chi connectivity index (χ1n) is 8.62. The lowest BCUT2D eigenvalue weighted by molar-refractivity contribution is 0.481. The molecule has 1 aromatic carbocycles. The van der Waals surface area contributed by atoms with Gasteiger partial charge in [0, 0.05) is 25.5 Å². The van der Waals surface area contributed by atoms with Crippen molar-refractivity contribution in [3.8, 4) is 11.5 Å². The second kappa shape index (κ2) is 6.54. The molecule has 0 amide bonds. The molecule has 0 saturated heterocycles. The molecule has 5 aromatic rings. The van der Waals surface area contributed by atoms with Gasteiger partial charge in [0.1, 0.15) is 22.2 Å². The number of anilines is 2. The zero-order valence-electron chi connectivity index (χ0n) is 14.8. The molecule has 2 N–H and O–H groups in total. The lowest BCUT2D eigenvalue weighted by Crippen LogP contribution is -1.98. The van der Waals surface area contributed by atoms with Gasteiger partial charge < -0.3 is 19.6 Å². The number of ether oxygens (including phenoxy) is 1. The molecule has 0 fully saturated rings. The van der Waals surface area contributed by atoms with Gasteiger partial charge in [0.2, 0.25) is 5.95 Å². The third-order valence-corrected chi connectivity index (χ3v) is 4.67. The summed E-state index contributed by atoms with van der Waals surface area (Å²) >= 11 is 6.04. The maximum atomic E-state index is 6.04. The summed E-state index contributed by atoms with van der Waals surface area (Å²) in [6, 6.07) is 13.1. The summed E-state index contributed by atoms with van der Waals surface area (Å²) in [5.74, 6) is 2.07. The van der Waals surface area contributed by atoms with Gasteiger partial charge in [0.15, 0.2) is 0 Å². The average Bonchev–Trinajstić information content (AvgIpc) is 3.23. The van der Waals surface area contributed by atoms with E-state index >= 15 is 0 Å². The van der Waals surface area contributed by atoms with Gasteiger partial charge in [-0.3, -0.25) is 4.98 Å². The molecule has 8 heteroatoms. The molecule has 0 aliphatic heterocycles. The normalized spacial score (nSPS) is 11.2. The number of aromatic amines is 1. The maximum absolute atomic E-state index is 6.04. The van der Waals surface area contributed by atoms with Crippen molar-refractivity contribution in [1.29, 1.82) is 0 Å². The molecule has 0 spiro atoms. The topological polar surface area (TPSA) is 80.7 Å². The van der Waals surface area contributed by atoms with E-state index in [9.17, 15) is 0 Å². The summed E-state index contributed by atoms with van der Waals surface area (Å²) < 4.78 is 7.83. The maximum Gasteiger partial charge on any atom is 0.208 e. The van der Waals surface area contributed by atoms with Crippen LogP contribution in [0.25, 0.3) is 22.1 Å². The fourth-order valence-electron chi connectivity index (χ4n) is 3.09. The number of fused-ring (bicyclic) bond motifs is 2. The van der Waals surface area contributed by atoms with Crippen LogP contribution in [0.4, 0.5) is 11.6 Å². The average molecular weight is 391 g/mol. The number of H-pyrrole nitrogens is 1. The third kappa shape index (κ3) is 2.91. The number of rotatable bonds is 4. The number of nitrogens with zero attached hydrogens (tertiary/aromatic N) is 4. The van der Waals surface area contributed by atoms with Crippen LogP contribution in [0.2, 0.25) is 5.15 Å². The van der Waals surface area contributed by atoms with E-state index in [2.05, 4.69) is 20.3 Å². The fraction of sp³-hybridized carbons (Fsp3) is 0.0500. The second-order valence-electron chi connectivity index (χ2n) is 6.29. The van der Waals surface area contributed by atoms with Crippen molar-refractivity contribution in [1.82, 2.24) is 24.5 Å². The van der Waals surface area contributed by atoms with Crippen LogP contribution in [0.3, 0.4) is 0 Å². The molecule has 4 heterocycles. The summed E-state index contributed by atoms with van der Waals surface area (Å²) in [7, 11) is 1.95. The van der Waals surface area contributed by atoms with E-state index in [0.717, 1.165) is 27.8 Å². The number of hydrogen-bond acceptors (Lipinski definition) is 5. The number of nitrogens with one attached hydrogen (secondary N) is 2. The van der Waals surface area contributed by atoms with Crippen molar-refractivity contribution in [3.05, 3.63) is 66.2 Å². The zero-order valence-corrected chi connectivity index (χ0v) is 15.6. The largest absolute Gasteiger partial charge is 0.456 e. The summed E-state index contributed by atoms with van der Waals surface area (Å²) in [4.78, 5) is 16.3. The minimum atomic E-state index is 0.442. The van der Waals surface area contributed by atoms with E-state index in [4.69, 9.17) is 21.3 Å². The number of imidazole rings is 1. The van der Waals surface area contributed by atoms with Gasteiger partial charge in [-0.25, -0.2) is 9.97 Å². The first-order valence-corrected chi connectivity index (χ1v) is 9.00. The smallest absolute Gasteiger partial charge is 0.208 e. The van der Waals surface area contributed by atoms with Crippen molar-refractivity contribution in [2.45, 2.75) is 0 Å². The molecule has 0 aliphatic rings. The molecule has 5 rings (SSSR count). The first-order chi connectivity index (χ1) is 13.7. The SMILES string of the molecule is Cn1c(Nc2c[nH]c3ccc(Cl)nc23)nc2cc(Oc3cccnc3)ccc21. The number of aromatic nitrogens is 5. The number of aryl methyl sites for hydroxylation is 1. The molecular formula is C20H15ClN6O. The minimum absolute atomic E-state index is 0.442. The molecule has 138 valence electrons. The predicted octanol–water partition coefficient (Wildman–Crippen LogP) is 5.03. The van der Waals surface area contributed by atoms with Gasteiger partial charge in [-0.1, -0.05) is 11.6 Å². The summed E-state index contributed by atoms with van der Waals surface area (Å²) in [6.07, 6.45) is 5.23. The van der Waals surface area contributed by atoms with E-state index in [1.165, 1.54) is 0 Å². The lowest BCUT2D eigenvalue weighted by atomic mass is 10.3. The molecular weight excluding hydrogens is 376 g/mol. The highest BCUT2D eigenvalue weighted by molar-refractivity contribution is 6.29. The second-order valence-corrected chi connectivity index (χ2v) is 6.68. The van der Waals surface area contributed by atoms with E-state index < -0.39 is 0 Å². The molecule has 28 heavy (non-hydrogen) atoms. The van der Waals surface area contributed by atoms with Crippen LogP contribution >= 0.6 is 11.6 Å². The quantitative estimate of drug-likeness (QED) is 0.420. The van der Waals surface area contributed by atoms with Crippen molar-refractivity contribution in [2.24, 2.45) is 7.05 Å². The molecule has 0 aliphatic carbocycles. The molecule has 0 atom stereocenters. The van der Waals surface area contributed by atoms with Crippen LogP contribution in [0.15, 0.2) is 61.1 Å². The van der Waals surface area contributed by atoms with Gasteiger partial charge in [0.25, 0.3) is 0 Å². The van der Waals surface area contributed by atoms with Crippen LogP contribution < -0.4 is 10.1 Å². The summed E-state index contributed by atoms with van der Waals surface area (Å²) in [5, 5.41) is 3.77. The zero-order chi connectivity index (χ0) is 19.1. The van der Waals surface area contributed by atoms with Crippen LogP contribution in [-0.2, 0) is 7.05 Å². The van der Waals surface area contributed by atoms with Gasteiger partial charge >= 0.3 is 0 Å². The molecule has 0 unspecified atom stereocenters. The standard InChI is InChI=1S/C20H15ClN6O/c1-27-17-6-4-12(28-13-3-2-8-22-10-13)9-15(17)24-20(27)25-16-11-23-14-5-7-18(21)26-19(14)16/h2-11,23H,1H3,(H,24,25). The van der Waals surface area contributed by atoms with Gasteiger partial charge in [-0.15, -0.1) is 0 Å². The van der Waals surface area contributed by atoms with E-state index in [1.807, 2.05) is 54.2 Å². The van der Waals surface area contributed by atoms with Crippen molar-refractivity contribution >= 4 is 45.3 Å². The predicted molar refractivity (Wildman–Crippen MR) is 109 cm³/mol. The Balaban J connectivity index is 1.49. The Labute approximate surface area is 165 Å². The Morgan fingerprint density at radius 3 is 2.89 bits per heavy atom. The monoisotopic (exact) mass is 390 g/mol. The highest BCUT2D eigenvalue weighted by Crippen LogP contribution is 2.30. The number of halogens is 1. The van der Waals surface area contributed by atoms with Crippen molar-refractivity contribution < 1.29 is 4.74 Å². The number of pyridine rings is 2. The highest BCUT2D eigenvalue weighted by atomic mass is 35.5. The van der Waals surface area contributed by atoms with E-state index in [0.29, 0.717) is 22.6 Å². The lowest BCUT2D eigenvalue weighted by Gasteiger charge is -2.05. The molecule has 0 saturated carbocycles. The van der Waals surface area contributed by atoms with Gasteiger partial charge in [-0.05, 0) is 36.4 Å². The van der Waals surface area contributed by atoms with Crippen LogP contribution in [0.1, 0.15) is 0 Å². The molecule has 0 bridgehead atoms. The Bertz CT molecular complexity index is 1290. The molecule has 4 aromatic heterocycles. The van der Waals surface area contributed by atoms with Gasteiger partial charge in [-0.2, -0.15) is 0 Å². The van der Waals surface area contributed by atoms with Crippen molar-refractivity contribution in [3.63, 3.8) is 0 Å². The Hall–Kier alpha value is -3.58. The fourth-order valence-corrected chi connectivity index (χ4v) is 3.24. The highest BCUT2D eigenvalue weighted by Gasteiger charge is 2.12. The minimum Gasteiger partial charge on any atom is -0.456 e. The summed E-state index contributed by atoms with van der Waals surface area (Å²) in [6.45, 7) is 0.